The van der Waals surface area contributed by atoms with E-state index in [1.54, 1.807) is 11.0 Å². The molecular weight excluding hydrogens is 380 g/mol. The highest BCUT2D eigenvalue weighted by atomic mass is 79.9. The maximum atomic E-state index is 12.6. The lowest BCUT2D eigenvalue weighted by molar-refractivity contribution is 0.00468. The zero-order valence-corrected chi connectivity index (χ0v) is 15.9. The van der Waals surface area contributed by atoms with Crippen LogP contribution >= 0.6 is 27.3 Å². The number of thiophene rings is 1. The van der Waals surface area contributed by atoms with Crippen LogP contribution in [0, 0.1) is 0 Å². The van der Waals surface area contributed by atoms with Gasteiger partial charge in [-0.25, -0.2) is 4.79 Å². The highest BCUT2D eigenvalue weighted by Crippen LogP contribution is 2.45. The van der Waals surface area contributed by atoms with Gasteiger partial charge in [0.2, 0.25) is 0 Å². The Morgan fingerprint density at radius 3 is 2.52 bits per heavy atom. The molecule has 3 heterocycles. The summed E-state index contributed by atoms with van der Waals surface area (Å²) in [5, 5.41) is 3.11. The summed E-state index contributed by atoms with van der Waals surface area (Å²) in [7, 11) is 0. The number of amides is 2. The summed E-state index contributed by atoms with van der Waals surface area (Å²) in [6.45, 7) is 5.58. The van der Waals surface area contributed by atoms with Crippen LogP contribution in [0.15, 0.2) is 15.9 Å². The van der Waals surface area contributed by atoms with Crippen LogP contribution < -0.4 is 5.32 Å². The Balaban J connectivity index is 1.78. The molecule has 2 bridgehead atoms. The van der Waals surface area contributed by atoms with Crippen LogP contribution in [0.4, 0.5) is 4.79 Å². The first-order chi connectivity index (χ1) is 10.7. The molecule has 7 heteroatoms. The number of hydrogen-bond donors (Lipinski definition) is 1. The topological polar surface area (TPSA) is 58.6 Å². The summed E-state index contributed by atoms with van der Waals surface area (Å²) in [6, 6.07) is 3.81. The number of carbonyl (C=O) groups excluding carboxylic acids is 2. The van der Waals surface area contributed by atoms with Crippen molar-refractivity contribution in [1.82, 2.24) is 10.2 Å². The third kappa shape index (κ3) is 3.26. The fourth-order valence-electron chi connectivity index (χ4n) is 3.46. The molecule has 0 radical (unpaired) electrons. The van der Waals surface area contributed by atoms with E-state index < -0.39 is 11.3 Å². The first kappa shape index (κ1) is 16.8. The Labute approximate surface area is 148 Å². The predicted octanol–water partition coefficient (Wildman–Crippen LogP) is 4.13. The zero-order chi connectivity index (χ0) is 16.8. The van der Waals surface area contributed by atoms with Crippen LogP contribution in [0.1, 0.15) is 56.1 Å². The first-order valence-corrected chi connectivity index (χ1v) is 9.41. The van der Waals surface area contributed by atoms with Crippen molar-refractivity contribution < 1.29 is 14.3 Å². The molecule has 0 saturated carbocycles. The van der Waals surface area contributed by atoms with Crippen molar-refractivity contribution in [2.75, 3.05) is 0 Å². The fraction of sp³-hybridized carbons (Fsp3) is 0.625. The monoisotopic (exact) mass is 400 g/mol. The summed E-state index contributed by atoms with van der Waals surface area (Å²) in [6.07, 6.45) is 3.07. The van der Waals surface area contributed by atoms with Crippen molar-refractivity contribution in [3.05, 3.63) is 20.8 Å². The molecule has 2 aliphatic rings. The minimum atomic E-state index is -0.597. The van der Waals surface area contributed by atoms with E-state index in [9.17, 15) is 9.59 Å². The summed E-state index contributed by atoms with van der Waals surface area (Å²) >= 11 is 4.77. The van der Waals surface area contributed by atoms with E-state index >= 15 is 0 Å². The van der Waals surface area contributed by atoms with Crippen molar-refractivity contribution in [2.24, 2.45) is 0 Å². The van der Waals surface area contributed by atoms with E-state index in [4.69, 9.17) is 4.74 Å². The number of nitrogens with one attached hydrogen (secondary N) is 1. The average Bonchev–Trinajstić information content (AvgIpc) is 3.08. The van der Waals surface area contributed by atoms with E-state index in [1.807, 2.05) is 26.8 Å². The molecule has 126 valence electrons. The maximum absolute atomic E-state index is 12.6. The Kier molecular flexibility index (Phi) is 4.21. The molecule has 0 unspecified atom stereocenters. The minimum absolute atomic E-state index is 0.128. The van der Waals surface area contributed by atoms with Gasteiger partial charge in [-0.3, -0.25) is 9.69 Å². The zero-order valence-electron chi connectivity index (χ0n) is 13.5. The van der Waals surface area contributed by atoms with Crippen LogP contribution in [-0.4, -0.2) is 34.2 Å². The molecule has 0 atom stereocenters. The van der Waals surface area contributed by atoms with Crippen molar-refractivity contribution in [1.29, 1.82) is 0 Å². The second kappa shape index (κ2) is 5.77. The predicted molar refractivity (Wildman–Crippen MR) is 92.5 cm³/mol. The van der Waals surface area contributed by atoms with Crippen molar-refractivity contribution >= 4 is 39.3 Å². The number of fused-ring (bicyclic) bond motifs is 2. The summed E-state index contributed by atoms with van der Waals surface area (Å²) in [5.41, 5.74) is -1.14. The van der Waals surface area contributed by atoms with Gasteiger partial charge < -0.3 is 10.1 Å². The van der Waals surface area contributed by atoms with E-state index in [-0.39, 0.29) is 18.0 Å². The van der Waals surface area contributed by atoms with Crippen molar-refractivity contribution in [3.63, 3.8) is 0 Å². The number of rotatable bonds is 2. The molecule has 2 amide bonds. The fourth-order valence-corrected chi connectivity index (χ4v) is 4.74. The molecule has 0 aliphatic carbocycles. The van der Waals surface area contributed by atoms with Crippen LogP contribution in [0.2, 0.25) is 0 Å². The second-order valence-corrected chi connectivity index (χ2v) is 9.63. The number of nitrogens with zero attached hydrogens (tertiary/aromatic N) is 1. The first-order valence-electron chi connectivity index (χ1n) is 7.80. The lowest BCUT2D eigenvalue weighted by Crippen LogP contribution is -2.57. The second-order valence-electron chi connectivity index (χ2n) is 7.17. The number of halogens is 1. The molecule has 2 aliphatic heterocycles. The van der Waals surface area contributed by atoms with Gasteiger partial charge in [-0.1, -0.05) is 0 Å². The Bertz CT molecular complexity index is 630. The lowest BCUT2D eigenvalue weighted by Gasteiger charge is -2.36. The molecule has 0 aromatic carbocycles. The highest BCUT2D eigenvalue weighted by Gasteiger charge is 2.56. The van der Waals surface area contributed by atoms with Gasteiger partial charge in [0.25, 0.3) is 5.91 Å². The normalized spacial score (nSPS) is 26.4. The van der Waals surface area contributed by atoms with Crippen LogP contribution in [-0.2, 0) is 4.74 Å². The van der Waals surface area contributed by atoms with E-state index in [0.29, 0.717) is 4.88 Å². The average molecular weight is 401 g/mol. The summed E-state index contributed by atoms with van der Waals surface area (Å²) < 4.78 is 6.47. The molecule has 2 fully saturated rings. The molecule has 2 saturated heterocycles. The molecule has 23 heavy (non-hydrogen) atoms. The van der Waals surface area contributed by atoms with Gasteiger partial charge in [0.1, 0.15) is 11.3 Å². The highest BCUT2D eigenvalue weighted by molar-refractivity contribution is 9.11. The smallest absolute Gasteiger partial charge is 0.412 e. The van der Waals surface area contributed by atoms with E-state index in [1.165, 1.54) is 11.3 Å². The molecule has 1 N–H and O–H groups in total. The Hall–Kier alpha value is -1.08. The third-order valence-electron chi connectivity index (χ3n) is 4.34. The Morgan fingerprint density at radius 1 is 1.35 bits per heavy atom. The number of hydrogen-bond acceptors (Lipinski definition) is 4. The lowest BCUT2D eigenvalue weighted by atomic mass is 9.95. The van der Waals surface area contributed by atoms with Crippen molar-refractivity contribution in [2.45, 2.75) is 63.8 Å². The molecule has 1 aromatic heterocycles. The molecule has 3 rings (SSSR count). The van der Waals surface area contributed by atoms with E-state index in [0.717, 1.165) is 29.5 Å². The van der Waals surface area contributed by atoms with Crippen LogP contribution in [0.25, 0.3) is 0 Å². The van der Waals surface area contributed by atoms with Gasteiger partial charge in [-0.05, 0) is 74.5 Å². The molecular formula is C16H21BrN2O3S. The largest absolute Gasteiger partial charge is 0.444 e. The molecule has 5 nitrogen and oxygen atoms in total. The standard InChI is InChI=1S/C16H21BrN2O3S/c1-15(2,3)22-14(21)19-10-6-8-16(19,9-7-10)18-13(20)11-4-5-12(17)23-11/h4-5,10H,6-9H2,1-3H3,(H,18,20). The van der Waals surface area contributed by atoms with Gasteiger partial charge in [0, 0.05) is 6.04 Å². The van der Waals surface area contributed by atoms with Crippen LogP contribution in [0.5, 0.6) is 0 Å². The van der Waals surface area contributed by atoms with Crippen molar-refractivity contribution in [3.8, 4) is 0 Å². The number of carbonyl (C=O) groups is 2. The molecule has 0 spiro atoms. The quantitative estimate of drug-likeness (QED) is 0.811. The van der Waals surface area contributed by atoms with Crippen LogP contribution in [0.3, 0.4) is 0 Å². The van der Waals surface area contributed by atoms with Gasteiger partial charge in [-0.2, -0.15) is 0 Å². The van der Waals surface area contributed by atoms with Gasteiger partial charge >= 0.3 is 6.09 Å². The number of ether oxygens (including phenoxy) is 1. The van der Waals surface area contributed by atoms with Gasteiger partial charge in [0.15, 0.2) is 0 Å². The minimum Gasteiger partial charge on any atom is -0.444 e. The SMILES string of the molecule is CC(C)(C)OC(=O)N1C2CCC1(NC(=O)c1ccc(Br)s1)CC2. The summed E-state index contributed by atoms with van der Waals surface area (Å²) in [4.78, 5) is 27.6. The Morgan fingerprint density at radius 2 is 2.00 bits per heavy atom. The maximum Gasteiger partial charge on any atom is 0.412 e. The molecule has 1 aromatic rings. The van der Waals surface area contributed by atoms with Gasteiger partial charge in [-0.15, -0.1) is 11.3 Å². The third-order valence-corrected chi connectivity index (χ3v) is 5.96. The summed E-state index contributed by atoms with van der Waals surface area (Å²) in [5.74, 6) is -0.128. The van der Waals surface area contributed by atoms with Gasteiger partial charge in [0.05, 0.1) is 8.66 Å². The van der Waals surface area contributed by atoms with E-state index in [2.05, 4.69) is 21.2 Å².